The molecule has 0 aliphatic carbocycles. The van der Waals surface area contributed by atoms with Crippen LogP contribution in [0.2, 0.25) is 0 Å². The van der Waals surface area contributed by atoms with Gasteiger partial charge in [-0.15, -0.1) is 0 Å². The first-order valence-electron chi connectivity index (χ1n) is 3.92. The van der Waals surface area contributed by atoms with Gasteiger partial charge in [0.15, 0.2) is 9.84 Å². The van der Waals surface area contributed by atoms with Crippen molar-refractivity contribution < 1.29 is 13.5 Å². The molecule has 1 aliphatic heterocycles. The summed E-state index contributed by atoms with van der Waals surface area (Å²) in [5, 5.41) is 8.71. The Balaban J connectivity index is 2.59. The van der Waals surface area contributed by atoms with Gasteiger partial charge in [0, 0.05) is 0 Å². The first-order valence-corrected chi connectivity index (χ1v) is 5.63. The molecule has 4 heteroatoms. The van der Waals surface area contributed by atoms with Crippen molar-refractivity contribution in [1.82, 2.24) is 0 Å². The highest BCUT2D eigenvalue weighted by Crippen LogP contribution is 2.23. The Bertz CT molecular complexity index is 218. The maximum atomic E-state index is 11.2. The van der Waals surface area contributed by atoms with E-state index in [1.807, 2.05) is 0 Å². The maximum Gasteiger partial charge on any atom is 0.153 e. The zero-order valence-electron chi connectivity index (χ0n) is 6.66. The summed E-state index contributed by atoms with van der Waals surface area (Å²) in [7, 11) is -2.84. The molecule has 11 heavy (non-hydrogen) atoms. The molecule has 1 fully saturated rings. The van der Waals surface area contributed by atoms with Crippen LogP contribution in [-0.4, -0.2) is 30.6 Å². The van der Waals surface area contributed by atoms with Gasteiger partial charge in [-0.25, -0.2) is 8.42 Å². The van der Waals surface area contributed by atoms with Gasteiger partial charge in [-0.2, -0.15) is 0 Å². The lowest BCUT2D eigenvalue weighted by atomic mass is 10.1. The molecule has 1 N–H and O–H groups in total. The quantitative estimate of drug-likeness (QED) is 0.663. The fourth-order valence-electron chi connectivity index (χ4n) is 1.50. The Hall–Kier alpha value is -0.0900. The lowest BCUT2D eigenvalue weighted by Crippen LogP contribution is -2.20. The van der Waals surface area contributed by atoms with Gasteiger partial charge < -0.3 is 5.11 Å². The minimum atomic E-state index is -2.84. The van der Waals surface area contributed by atoms with E-state index in [0.717, 1.165) is 12.8 Å². The van der Waals surface area contributed by atoms with Crippen LogP contribution in [0.25, 0.3) is 0 Å². The molecular weight excluding hydrogens is 164 g/mol. The minimum absolute atomic E-state index is 0.275. The largest absolute Gasteiger partial charge is 0.393 e. The van der Waals surface area contributed by atoms with Gasteiger partial charge in [-0.05, 0) is 26.2 Å². The fraction of sp³-hybridized carbons (Fsp3) is 1.00. The van der Waals surface area contributed by atoms with Crippen molar-refractivity contribution in [3.05, 3.63) is 0 Å². The van der Waals surface area contributed by atoms with E-state index < -0.39 is 15.9 Å². The molecule has 0 radical (unpaired) electrons. The van der Waals surface area contributed by atoms with Crippen molar-refractivity contribution in [3.63, 3.8) is 0 Å². The van der Waals surface area contributed by atoms with E-state index in [0.29, 0.717) is 12.2 Å². The van der Waals surface area contributed by atoms with E-state index in [1.165, 1.54) is 0 Å². The number of hydrogen-bond acceptors (Lipinski definition) is 3. The zero-order valence-corrected chi connectivity index (χ0v) is 7.47. The summed E-state index contributed by atoms with van der Waals surface area (Å²) in [6.45, 7) is 1.63. The van der Waals surface area contributed by atoms with E-state index in [4.69, 9.17) is 5.11 Å². The summed E-state index contributed by atoms with van der Waals surface area (Å²) in [5.41, 5.74) is 0. The van der Waals surface area contributed by atoms with Gasteiger partial charge in [0.05, 0.1) is 17.1 Å². The Morgan fingerprint density at radius 1 is 1.64 bits per heavy atom. The first-order chi connectivity index (χ1) is 5.02. The van der Waals surface area contributed by atoms with E-state index >= 15 is 0 Å². The van der Waals surface area contributed by atoms with Crippen LogP contribution < -0.4 is 0 Å². The number of rotatable bonds is 2. The van der Waals surface area contributed by atoms with Gasteiger partial charge in [0.1, 0.15) is 0 Å². The van der Waals surface area contributed by atoms with Crippen LogP contribution >= 0.6 is 0 Å². The molecule has 1 aliphatic rings. The molecule has 0 saturated carbocycles. The van der Waals surface area contributed by atoms with Gasteiger partial charge in [0.25, 0.3) is 0 Å². The number of aliphatic hydroxyl groups excluding tert-OH is 1. The van der Waals surface area contributed by atoms with Crippen molar-refractivity contribution in [2.24, 2.45) is 0 Å². The predicted molar refractivity (Wildman–Crippen MR) is 43.1 cm³/mol. The van der Waals surface area contributed by atoms with Crippen LogP contribution in [0.4, 0.5) is 0 Å². The topological polar surface area (TPSA) is 54.4 Å². The average molecular weight is 178 g/mol. The van der Waals surface area contributed by atoms with E-state index in [2.05, 4.69) is 0 Å². The molecule has 0 aromatic heterocycles. The third kappa shape index (κ3) is 2.17. The highest BCUT2D eigenvalue weighted by molar-refractivity contribution is 7.92. The Labute approximate surface area is 67.3 Å². The highest BCUT2D eigenvalue weighted by Gasteiger charge is 2.31. The molecule has 0 spiro atoms. The van der Waals surface area contributed by atoms with Gasteiger partial charge >= 0.3 is 0 Å². The lowest BCUT2D eigenvalue weighted by molar-refractivity contribution is 0.182. The standard InChI is InChI=1S/C7H14O3S/c1-6(8)5-7-3-2-4-11(7,9)10/h6-8H,2-5H2,1H3/t6-,7?/m1/s1. The second kappa shape index (κ2) is 3.11. The second-order valence-electron chi connectivity index (χ2n) is 3.22. The molecule has 1 unspecified atom stereocenters. The first kappa shape index (κ1) is 9.00. The van der Waals surface area contributed by atoms with Crippen molar-refractivity contribution >= 4 is 9.84 Å². The van der Waals surface area contributed by atoms with Crippen molar-refractivity contribution in [2.75, 3.05) is 5.75 Å². The number of aliphatic hydroxyl groups is 1. The van der Waals surface area contributed by atoms with Crippen LogP contribution in [0.3, 0.4) is 0 Å². The number of sulfone groups is 1. The summed E-state index contributed by atoms with van der Waals surface area (Å²) in [5.74, 6) is 0.310. The van der Waals surface area contributed by atoms with Crippen molar-refractivity contribution in [1.29, 1.82) is 0 Å². The minimum Gasteiger partial charge on any atom is -0.393 e. The molecular formula is C7H14O3S. The molecule has 0 amide bonds. The SMILES string of the molecule is C[C@@H](O)CC1CCCS1(=O)=O. The van der Waals surface area contributed by atoms with Crippen molar-refractivity contribution in [3.8, 4) is 0 Å². The molecule has 3 nitrogen and oxygen atoms in total. The fourth-order valence-corrected chi connectivity index (χ4v) is 3.50. The molecule has 66 valence electrons. The van der Waals surface area contributed by atoms with Gasteiger partial charge in [-0.3, -0.25) is 0 Å². The lowest BCUT2D eigenvalue weighted by Gasteiger charge is -2.10. The zero-order chi connectivity index (χ0) is 8.48. The summed E-state index contributed by atoms with van der Waals surface area (Å²) in [6.07, 6.45) is 1.41. The highest BCUT2D eigenvalue weighted by atomic mass is 32.2. The third-order valence-corrected chi connectivity index (χ3v) is 4.37. The Kier molecular flexibility index (Phi) is 2.54. The van der Waals surface area contributed by atoms with Crippen LogP contribution in [0, 0.1) is 0 Å². The van der Waals surface area contributed by atoms with Crippen LogP contribution in [0.15, 0.2) is 0 Å². The predicted octanol–water partition coefficient (Wildman–Crippen LogP) is 0.335. The second-order valence-corrected chi connectivity index (χ2v) is 5.62. The summed E-state index contributed by atoms with van der Waals surface area (Å²) in [6, 6.07) is 0. The van der Waals surface area contributed by atoms with Crippen LogP contribution in [-0.2, 0) is 9.84 Å². The Morgan fingerprint density at radius 2 is 2.27 bits per heavy atom. The molecule has 0 bridgehead atoms. The smallest absolute Gasteiger partial charge is 0.153 e. The summed E-state index contributed by atoms with van der Waals surface area (Å²) >= 11 is 0. The summed E-state index contributed by atoms with van der Waals surface area (Å²) in [4.78, 5) is 0. The Morgan fingerprint density at radius 3 is 2.64 bits per heavy atom. The number of hydrogen-bond donors (Lipinski definition) is 1. The monoisotopic (exact) mass is 178 g/mol. The molecule has 2 atom stereocenters. The molecule has 1 saturated heterocycles. The molecule has 0 aromatic carbocycles. The van der Waals surface area contributed by atoms with Crippen molar-refractivity contribution in [2.45, 2.75) is 37.5 Å². The normalized spacial score (nSPS) is 32.0. The van der Waals surface area contributed by atoms with E-state index in [1.54, 1.807) is 6.92 Å². The van der Waals surface area contributed by atoms with E-state index in [-0.39, 0.29) is 5.25 Å². The summed E-state index contributed by atoms with van der Waals surface area (Å²) < 4.78 is 22.4. The maximum absolute atomic E-state index is 11.2. The van der Waals surface area contributed by atoms with Crippen LogP contribution in [0.5, 0.6) is 0 Å². The van der Waals surface area contributed by atoms with E-state index in [9.17, 15) is 8.42 Å². The molecule has 1 heterocycles. The van der Waals surface area contributed by atoms with Crippen LogP contribution in [0.1, 0.15) is 26.2 Å². The van der Waals surface area contributed by atoms with Gasteiger partial charge in [0.2, 0.25) is 0 Å². The average Bonchev–Trinajstić information content (AvgIpc) is 2.10. The molecule has 0 aromatic rings. The van der Waals surface area contributed by atoms with Gasteiger partial charge in [-0.1, -0.05) is 0 Å². The molecule has 1 rings (SSSR count). The third-order valence-electron chi connectivity index (χ3n) is 2.07.